The number of rotatable bonds is 3. The van der Waals surface area contributed by atoms with Gasteiger partial charge in [0.1, 0.15) is 11.4 Å². The third-order valence-electron chi connectivity index (χ3n) is 3.86. The number of amides is 1. The minimum absolute atomic E-state index is 0.0185. The van der Waals surface area contributed by atoms with Crippen LogP contribution in [0.25, 0.3) is 10.9 Å². The molecular formula is C18H16FN3O2. The van der Waals surface area contributed by atoms with Gasteiger partial charge in [0.05, 0.1) is 10.9 Å². The van der Waals surface area contributed by atoms with Gasteiger partial charge in [0.25, 0.3) is 5.91 Å². The van der Waals surface area contributed by atoms with Gasteiger partial charge in [0.15, 0.2) is 0 Å². The zero-order chi connectivity index (χ0) is 17.3. The zero-order valence-corrected chi connectivity index (χ0v) is 13.0. The lowest BCUT2D eigenvalue weighted by molar-refractivity contribution is 0.0949. The molecule has 0 saturated heterocycles. The van der Waals surface area contributed by atoms with E-state index in [9.17, 15) is 14.0 Å². The van der Waals surface area contributed by atoms with Crippen LogP contribution in [0.4, 0.5) is 10.1 Å². The molecule has 122 valence electrons. The quantitative estimate of drug-likeness (QED) is 0.725. The van der Waals surface area contributed by atoms with Crippen LogP contribution < -0.4 is 16.5 Å². The predicted octanol–water partition coefficient (Wildman–Crippen LogP) is 2.19. The molecule has 0 saturated carbocycles. The Hall–Kier alpha value is -3.15. The second kappa shape index (κ2) is 6.16. The number of nitrogen functional groups attached to an aromatic ring is 1. The van der Waals surface area contributed by atoms with Crippen molar-refractivity contribution in [2.24, 2.45) is 7.05 Å². The van der Waals surface area contributed by atoms with Crippen molar-refractivity contribution in [3.8, 4) is 0 Å². The molecule has 1 amide bonds. The van der Waals surface area contributed by atoms with Crippen LogP contribution in [0.3, 0.4) is 0 Å². The number of anilines is 1. The van der Waals surface area contributed by atoms with E-state index in [-0.39, 0.29) is 17.9 Å². The van der Waals surface area contributed by atoms with E-state index in [1.807, 2.05) is 0 Å². The maximum Gasteiger partial charge on any atom is 0.257 e. The average Bonchev–Trinajstić information content (AvgIpc) is 2.57. The molecule has 24 heavy (non-hydrogen) atoms. The average molecular weight is 325 g/mol. The van der Waals surface area contributed by atoms with E-state index in [0.29, 0.717) is 16.6 Å². The van der Waals surface area contributed by atoms with Crippen LogP contribution in [-0.2, 0) is 13.6 Å². The first-order chi connectivity index (χ1) is 11.5. The molecule has 3 N–H and O–H groups in total. The molecule has 3 aromatic rings. The lowest BCUT2D eigenvalue weighted by atomic mass is 10.1. The summed E-state index contributed by atoms with van der Waals surface area (Å²) < 4.78 is 14.6. The van der Waals surface area contributed by atoms with Crippen LogP contribution in [0.5, 0.6) is 0 Å². The van der Waals surface area contributed by atoms with Gasteiger partial charge < -0.3 is 15.6 Å². The fourth-order valence-electron chi connectivity index (χ4n) is 2.60. The summed E-state index contributed by atoms with van der Waals surface area (Å²) >= 11 is 0. The highest BCUT2D eigenvalue weighted by Crippen LogP contribution is 2.17. The van der Waals surface area contributed by atoms with Gasteiger partial charge in [-0.1, -0.05) is 18.2 Å². The van der Waals surface area contributed by atoms with Gasteiger partial charge in [-0.2, -0.15) is 0 Å². The summed E-state index contributed by atoms with van der Waals surface area (Å²) in [4.78, 5) is 25.0. The third kappa shape index (κ3) is 2.86. The Morgan fingerprint density at radius 1 is 1.21 bits per heavy atom. The summed E-state index contributed by atoms with van der Waals surface area (Å²) in [6, 6.07) is 10.9. The number of nitrogens with zero attached hydrogens (tertiary/aromatic N) is 1. The molecule has 3 rings (SSSR count). The number of hydrogen-bond donors (Lipinski definition) is 2. The molecule has 0 atom stereocenters. The van der Waals surface area contributed by atoms with Crippen molar-refractivity contribution in [1.82, 2.24) is 9.88 Å². The van der Waals surface area contributed by atoms with Crippen molar-refractivity contribution >= 4 is 22.5 Å². The molecule has 0 fully saturated rings. The number of carbonyl (C=O) groups is 1. The molecule has 0 bridgehead atoms. The summed E-state index contributed by atoms with van der Waals surface area (Å²) in [6.07, 6.45) is 1.49. The van der Waals surface area contributed by atoms with E-state index < -0.39 is 11.3 Å². The normalized spacial score (nSPS) is 10.8. The first-order valence-corrected chi connectivity index (χ1v) is 7.38. The second-order valence-electron chi connectivity index (χ2n) is 5.53. The molecule has 0 aliphatic rings. The lowest BCUT2D eigenvalue weighted by Gasteiger charge is -2.11. The number of benzene rings is 2. The van der Waals surface area contributed by atoms with Crippen molar-refractivity contribution in [1.29, 1.82) is 0 Å². The van der Waals surface area contributed by atoms with Crippen LogP contribution >= 0.6 is 0 Å². The van der Waals surface area contributed by atoms with E-state index in [0.717, 1.165) is 5.56 Å². The number of halogens is 1. The van der Waals surface area contributed by atoms with Crippen molar-refractivity contribution < 1.29 is 9.18 Å². The molecule has 2 aromatic carbocycles. The summed E-state index contributed by atoms with van der Waals surface area (Å²) in [7, 11) is 1.75. The summed E-state index contributed by atoms with van der Waals surface area (Å²) in [5, 5.41) is 3.00. The Morgan fingerprint density at radius 3 is 2.62 bits per heavy atom. The van der Waals surface area contributed by atoms with E-state index in [1.165, 1.54) is 18.3 Å². The van der Waals surface area contributed by atoms with Gasteiger partial charge in [-0.25, -0.2) is 4.39 Å². The van der Waals surface area contributed by atoms with Gasteiger partial charge in [-0.05, 0) is 29.8 Å². The molecule has 0 aliphatic carbocycles. The standard InChI is InChI=1S/C18H16FN3O2/c1-22-10-13(17(23)16-14(20)3-2-4-15(16)22)18(24)21-9-11-5-7-12(19)8-6-11/h2-8,10H,9,20H2,1H3,(H,21,24). The van der Waals surface area contributed by atoms with Crippen molar-refractivity contribution in [3.63, 3.8) is 0 Å². The minimum Gasteiger partial charge on any atom is -0.398 e. The van der Waals surface area contributed by atoms with Gasteiger partial charge in [0.2, 0.25) is 5.43 Å². The van der Waals surface area contributed by atoms with Gasteiger partial charge in [-0.3, -0.25) is 9.59 Å². The molecule has 0 unspecified atom stereocenters. The zero-order valence-electron chi connectivity index (χ0n) is 13.0. The maximum absolute atomic E-state index is 12.9. The predicted molar refractivity (Wildman–Crippen MR) is 91.2 cm³/mol. The highest BCUT2D eigenvalue weighted by molar-refractivity contribution is 6.00. The monoisotopic (exact) mass is 325 g/mol. The number of aryl methyl sites for hydroxylation is 1. The second-order valence-corrected chi connectivity index (χ2v) is 5.53. The number of carbonyl (C=O) groups excluding carboxylic acids is 1. The van der Waals surface area contributed by atoms with Gasteiger partial charge in [0, 0.05) is 25.5 Å². The van der Waals surface area contributed by atoms with Crippen LogP contribution in [-0.4, -0.2) is 10.5 Å². The number of nitrogens with one attached hydrogen (secondary N) is 1. The van der Waals surface area contributed by atoms with E-state index >= 15 is 0 Å². The Labute approximate surface area is 137 Å². The largest absolute Gasteiger partial charge is 0.398 e. The maximum atomic E-state index is 12.9. The topological polar surface area (TPSA) is 77.1 Å². The Bertz CT molecular complexity index is 978. The highest BCUT2D eigenvalue weighted by atomic mass is 19.1. The molecule has 0 aliphatic heterocycles. The smallest absolute Gasteiger partial charge is 0.257 e. The number of fused-ring (bicyclic) bond motifs is 1. The number of pyridine rings is 1. The Kier molecular flexibility index (Phi) is 4.04. The molecule has 0 spiro atoms. The third-order valence-corrected chi connectivity index (χ3v) is 3.86. The van der Waals surface area contributed by atoms with Gasteiger partial charge >= 0.3 is 0 Å². The number of nitrogens with two attached hydrogens (primary N) is 1. The molecule has 1 aromatic heterocycles. The molecule has 1 heterocycles. The first-order valence-electron chi connectivity index (χ1n) is 7.38. The Balaban J connectivity index is 1.93. The van der Waals surface area contributed by atoms with Crippen LogP contribution in [0.15, 0.2) is 53.5 Å². The van der Waals surface area contributed by atoms with Crippen LogP contribution in [0, 0.1) is 5.82 Å². The van der Waals surface area contributed by atoms with Crippen LogP contribution in [0.2, 0.25) is 0 Å². The van der Waals surface area contributed by atoms with Crippen molar-refractivity contribution in [2.45, 2.75) is 6.54 Å². The number of aromatic nitrogens is 1. The molecule has 5 nitrogen and oxygen atoms in total. The molecular weight excluding hydrogens is 309 g/mol. The van der Waals surface area contributed by atoms with E-state index in [1.54, 1.807) is 41.9 Å². The van der Waals surface area contributed by atoms with Crippen LogP contribution in [0.1, 0.15) is 15.9 Å². The van der Waals surface area contributed by atoms with Crippen molar-refractivity contribution in [3.05, 3.63) is 75.8 Å². The van der Waals surface area contributed by atoms with Gasteiger partial charge in [-0.15, -0.1) is 0 Å². The van der Waals surface area contributed by atoms with Crippen molar-refractivity contribution in [2.75, 3.05) is 5.73 Å². The Morgan fingerprint density at radius 2 is 1.92 bits per heavy atom. The fourth-order valence-corrected chi connectivity index (χ4v) is 2.60. The number of hydrogen-bond acceptors (Lipinski definition) is 3. The first kappa shape index (κ1) is 15.7. The lowest BCUT2D eigenvalue weighted by Crippen LogP contribution is -2.29. The summed E-state index contributed by atoms with van der Waals surface area (Å²) in [5.41, 5.74) is 7.24. The molecule has 6 heteroatoms. The minimum atomic E-state index is -0.495. The van der Waals surface area contributed by atoms with E-state index in [4.69, 9.17) is 5.73 Å². The fraction of sp³-hybridized carbons (Fsp3) is 0.111. The summed E-state index contributed by atoms with van der Waals surface area (Å²) in [6.45, 7) is 0.199. The SMILES string of the molecule is Cn1cc(C(=O)NCc2ccc(F)cc2)c(=O)c2c(N)cccc21. The van der Waals surface area contributed by atoms with E-state index in [2.05, 4.69) is 5.32 Å². The molecule has 0 radical (unpaired) electrons. The highest BCUT2D eigenvalue weighted by Gasteiger charge is 2.15. The summed E-state index contributed by atoms with van der Waals surface area (Å²) in [5.74, 6) is -0.839.